The maximum absolute atomic E-state index is 11.5. The summed E-state index contributed by atoms with van der Waals surface area (Å²) in [6, 6.07) is 9.13. The molecule has 2 nitrogen and oxygen atoms in total. The van der Waals surface area contributed by atoms with Crippen molar-refractivity contribution in [1.82, 2.24) is 4.90 Å². The Kier molecular flexibility index (Phi) is 3.40. The molecule has 2 aliphatic heterocycles. The van der Waals surface area contributed by atoms with Crippen molar-refractivity contribution < 1.29 is 4.79 Å². The normalized spacial score (nSPS) is 27.7. The van der Waals surface area contributed by atoms with Crippen molar-refractivity contribution in [1.29, 1.82) is 0 Å². The lowest BCUT2D eigenvalue weighted by atomic mass is 10.0. The van der Waals surface area contributed by atoms with E-state index in [1.54, 1.807) is 0 Å². The Morgan fingerprint density at radius 2 is 1.72 bits per heavy atom. The van der Waals surface area contributed by atoms with E-state index < -0.39 is 0 Å². The van der Waals surface area contributed by atoms with E-state index in [0.717, 1.165) is 30.8 Å². The molecule has 3 heteroatoms. The molecule has 0 N–H and O–H groups in total. The molecule has 2 saturated heterocycles. The van der Waals surface area contributed by atoms with Crippen LogP contribution in [-0.2, 0) is 11.2 Å². The van der Waals surface area contributed by atoms with Gasteiger partial charge in [-0.1, -0.05) is 23.7 Å². The number of fused-ring (bicyclic) bond motifs is 2. The second kappa shape index (κ2) is 5.02. The second-order valence-corrected chi connectivity index (χ2v) is 5.88. The van der Waals surface area contributed by atoms with Crippen molar-refractivity contribution in [2.75, 3.05) is 6.54 Å². The molecule has 2 atom stereocenters. The molecule has 2 aliphatic rings. The first-order valence-corrected chi connectivity index (χ1v) is 7.12. The van der Waals surface area contributed by atoms with Crippen molar-refractivity contribution >= 4 is 17.4 Å². The standard InChI is InChI=1S/C15H18ClNO/c16-12-3-1-11(2-4-12)7-8-17-13-5-6-14(17)10-15(18)9-13/h1-4,13-14H,5-10H2. The highest BCUT2D eigenvalue weighted by molar-refractivity contribution is 6.30. The van der Waals surface area contributed by atoms with Gasteiger partial charge in [-0.2, -0.15) is 0 Å². The monoisotopic (exact) mass is 263 g/mol. The van der Waals surface area contributed by atoms with Gasteiger partial charge < -0.3 is 0 Å². The summed E-state index contributed by atoms with van der Waals surface area (Å²) in [7, 11) is 0. The van der Waals surface area contributed by atoms with E-state index in [4.69, 9.17) is 11.6 Å². The van der Waals surface area contributed by atoms with Gasteiger partial charge in [-0.15, -0.1) is 0 Å². The predicted molar refractivity (Wildman–Crippen MR) is 72.9 cm³/mol. The van der Waals surface area contributed by atoms with E-state index in [0.29, 0.717) is 17.9 Å². The molecule has 3 rings (SSSR count). The highest BCUT2D eigenvalue weighted by atomic mass is 35.5. The minimum atomic E-state index is 0.463. The van der Waals surface area contributed by atoms with E-state index in [1.807, 2.05) is 12.1 Å². The Morgan fingerprint density at radius 1 is 1.11 bits per heavy atom. The van der Waals surface area contributed by atoms with Crippen LogP contribution in [0.2, 0.25) is 5.02 Å². The van der Waals surface area contributed by atoms with Gasteiger partial charge in [0, 0.05) is 36.5 Å². The molecule has 2 unspecified atom stereocenters. The molecule has 1 aromatic carbocycles. The van der Waals surface area contributed by atoms with Crippen LogP contribution in [0.4, 0.5) is 0 Å². The number of nitrogens with zero attached hydrogens (tertiary/aromatic N) is 1. The number of Topliss-reactive ketones (excluding diaryl/α,β-unsaturated/α-hetero) is 1. The van der Waals surface area contributed by atoms with Crippen LogP contribution < -0.4 is 0 Å². The average Bonchev–Trinajstić information content (AvgIpc) is 2.60. The molecular weight excluding hydrogens is 246 g/mol. The number of halogens is 1. The predicted octanol–water partition coefficient (Wildman–Crippen LogP) is 3.08. The zero-order chi connectivity index (χ0) is 12.5. The summed E-state index contributed by atoms with van der Waals surface area (Å²) < 4.78 is 0. The lowest BCUT2D eigenvalue weighted by Gasteiger charge is -2.33. The van der Waals surface area contributed by atoms with Crippen LogP contribution in [-0.4, -0.2) is 29.3 Å². The highest BCUT2D eigenvalue weighted by Gasteiger charge is 2.39. The number of ketones is 1. The summed E-state index contributed by atoms with van der Waals surface area (Å²) >= 11 is 5.89. The number of hydrogen-bond acceptors (Lipinski definition) is 2. The Labute approximate surface area is 113 Å². The van der Waals surface area contributed by atoms with Gasteiger partial charge in [0.1, 0.15) is 5.78 Å². The van der Waals surface area contributed by atoms with Crippen LogP contribution in [0.15, 0.2) is 24.3 Å². The van der Waals surface area contributed by atoms with Gasteiger partial charge in [-0.3, -0.25) is 9.69 Å². The lowest BCUT2D eigenvalue weighted by Crippen LogP contribution is -2.44. The van der Waals surface area contributed by atoms with Crippen LogP contribution in [0.1, 0.15) is 31.2 Å². The van der Waals surface area contributed by atoms with Crippen molar-refractivity contribution in [2.24, 2.45) is 0 Å². The number of carbonyl (C=O) groups is 1. The topological polar surface area (TPSA) is 20.3 Å². The molecular formula is C15H18ClNO. The minimum absolute atomic E-state index is 0.463. The minimum Gasteiger partial charge on any atom is -0.300 e. The fourth-order valence-electron chi connectivity index (χ4n) is 3.34. The van der Waals surface area contributed by atoms with Gasteiger partial charge in [-0.05, 0) is 37.0 Å². The molecule has 2 heterocycles. The third-order valence-electron chi connectivity index (χ3n) is 4.27. The third kappa shape index (κ3) is 2.45. The van der Waals surface area contributed by atoms with Crippen molar-refractivity contribution in [3.05, 3.63) is 34.9 Å². The average molecular weight is 264 g/mol. The molecule has 0 radical (unpaired) electrons. The fraction of sp³-hybridized carbons (Fsp3) is 0.533. The van der Waals surface area contributed by atoms with Crippen LogP contribution >= 0.6 is 11.6 Å². The molecule has 1 aromatic rings. The van der Waals surface area contributed by atoms with Gasteiger partial charge >= 0.3 is 0 Å². The molecule has 0 aliphatic carbocycles. The van der Waals surface area contributed by atoms with Gasteiger partial charge in [-0.25, -0.2) is 0 Å². The molecule has 2 bridgehead atoms. The second-order valence-electron chi connectivity index (χ2n) is 5.45. The van der Waals surface area contributed by atoms with Crippen molar-refractivity contribution in [2.45, 2.75) is 44.2 Å². The molecule has 0 saturated carbocycles. The maximum Gasteiger partial charge on any atom is 0.136 e. The molecule has 18 heavy (non-hydrogen) atoms. The van der Waals surface area contributed by atoms with E-state index in [-0.39, 0.29) is 0 Å². The van der Waals surface area contributed by atoms with E-state index in [2.05, 4.69) is 17.0 Å². The Morgan fingerprint density at radius 3 is 2.33 bits per heavy atom. The zero-order valence-corrected chi connectivity index (χ0v) is 11.2. The molecule has 0 aromatic heterocycles. The first-order chi connectivity index (χ1) is 8.72. The van der Waals surface area contributed by atoms with E-state index in [1.165, 1.54) is 18.4 Å². The van der Waals surface area contributed by atoms with Gasteiger partial charge in [0.25, 0.3) is 0 Å². The smallest absolute Gasteiger partial charge is 0.136 e. The van der Waals surface area contributed by atoms with Crippen LogP contribution in [0.25, 0.3) is 0 Å². The summed E-state index contributed by atoms with van der Waals surface area (Å²) in [6.45, 7) is 1.07. The summed E-state index contributed by atoms with van der Waals surface area (Å²) in [5.41, 5.74) is 1.33. The Balaban J connectivity index is 1.61. The first kappa shape index (κ1) is 12.2. The SMILES string of the molecule is O=C1CC2CCC(C1)N2CCc1ccc(Cl)cc1. The third-order valence-corrected chi connectivity index (χ3v) is 4.52. The summed E-state index contributed by atoms with van der Waals surface area (Å²) in [5, 5.41) is 0.794. The Hall–Kier alpha value is -0.860. The van der Waals surface area contributed by atoms with Crippen LogP contribution in [0, 0.1) is 0 Å². The first-order valence-electron chi connectivity index (χ1n) is 6.74. The zero-order valence-electron chi connectivity index (χ0n) is 10.4. The van der Waals surface area contributed by atoms with E-state index >= 15 is 0 Å². The van der Waals surface area contributed by atoms with Crippen molar-refractivity contribution in [3.63, 3.8) is 0 Å². The highest BCUT2D eigenvalue weighted by Crippen LogP contribution is 2.33. The largest absolute Gasteiger partial charge is 0.300 e. The summed E-state index contributed by atoms with van der Waals surface area (Å²) in [5.74, 6) is 0.463. The van der Waals surface area contributed by atoms with Crippen LogP contribution in [0.3, 0.4) is 0 Å². The van der Waals surface area contributed by atoms with Crippen molar-refractivity contribution in [3.8, 4) is 0 Å². The molecule has 0 spiro atoms. The number of rotatable bonds is 3. The summed E-state index contributed by atoms with van der Waals surface area (Å²) in [6.07, 6.45) is 5.01. The molecule has 2 fully saturated rings. The number of carbonyl (C=O) groups excluding carboxylic acids is 1. The fourth-order valence-corrected chi connectivity index (χ4v) is 3.46. The summed E-state index contributed by atoms with van der Waals surface area (Å²) in [4.78, 5) is 14.1. The molecule has 96 valence electrons. The van der Waals surface area contributed by atoms with Crippen LogP contribution in [0.5, 0.6) is 0 Å². The number of benzene rings is 1. The quantitative estimate of drug-likeness (QED) is 0.835. The lowest BCUT2D eigenvalue weighted by molar-refractivity contribution is -0.123. The maximum atomic E-state index is 11.5. The Bertz CT molecular complexity index is 426. The van der Waals surface area contributed by atoms with Gasteiger partial charge in [0.05, 0.1) is 0 Å². The van der Waals surface area contributed by atoms with E-state index in [9.17, 15) is 4.79 Å². The number of hydrogen-bond donors (Lipinski definition) is 0. The van der Waals surface area contributed by atoms with Gasteiger partial charge in [0.15, 0.2) is 0 Å². The number of piperidine rings is 1. The van der Waals surface area contributed by atoms with Gasteiger partial charge in [0.2, 0.25) is 0 Å². The molecule has 0 amide bonds.